The molecule has 0 spiro atoms. The number of carbonyl (C=O) groups is 2. The fourth-order valence-corrected chi connectivity index (χ4v) is 2.85. The number of amides is 2. The van der Waals surface area contributed by atoms with Crippen LogP contribution in [0.25, 0.3) is 0 Å². The van der Waals surface area contributed by atoms with Crippen LogP contribution in [-0.4, -0.2) is 27.8 Å². The lowest BCUT2D eigenvalue weighted by Gasteiger charge is -2.13. The molecular formula is C21H24N4O2. The van der Waals surface area contributed by atoms with E-state index in [1.54, 1.807) is 12.1 Å². The van der Waals surface area contributed by atoms with Gasteiger partial charge in [-0.15, -0.1) is 0 Å². The summed E-state index contributed by atoms with van der Waals surface area (Å²) in [6.45, 7) is 5.88. The lowest BCUT2D eigenvalue weighted by atomic mass is 10.1. The number of nitrogens with one attached hydrogen (secondary N) is 2. The van der Waals surface area contributed by atoms with E-state index in [9.17, 15) is 9.59 Å². The topological polar surface area (TPSA) is 84.0 Å². The third kappa shape index (κ3) is 4.58. The Morgan fingerprint density at radius 2 is 1.85 bits per heavy atom. The van der Waals surface area contributed by atoms with Crippen LogP contribution >= 0.6 is 0 Å². The Balaban J connectivity index is 1.72. The van der Waals surface area contributed by atoms with Crippen LogP contribution < -0.4 is 10.6 Å². The summed E-state index contributed by atoms with van der Waals surface area (Å²) in [6.07, 6.45) is 9.03. The fourth-order valence-electron chi connectivity index (χ4n) is 2.85. The van der Waals surface area contributed by atoms with Gasteiger partial charge in [0.2, 0.25) is 0 Å². The third-order valence-electron chi connectivity index (χ3n) is 4.53. The maximum atomic E-state index is 12.5. The first-order valence-electron chi connectivity index (χ1n) is 9.15. The Morgan fingerprint density at radius 3 is 2.48 bits per heavy atom. The summed E-state index contributed by atoms with van der Waals surface area (Å²) in [5.74, 6) is 0.452. The highest BCUT2D eigenvalue weighted by molar-refractivity contribution is 6.05. The van der Waals surface area contributed by atoms with Crippen LogP contribution in [0.15, 0.2) is 42.7 Å². The van der Waals surface area contributed by atoms with Crippen molar-refractivity contribution in [3.05, 3.63) is 65.3 Å². The van der Waals surface area contributed by atoms with Gasteiger partial charge in [0.05, 0.1) is 5.56 Å². The zero-order chi connectivity index (χ0) is 19.4. The van der Waals surface area contributed by atoms with Crippen molar-refractivity contribution in [2.45, 2.75) is 45.6 Å². The molecule has 0 radical (unpaired) electrons. The molecule has 0 saturated carbocycles. The van der Waals surface area contributed by atoms with Crippen LogP contribution in [0.3, 0.4) is 0 Å². The van der Waals surface area contributed by atoms with E-state index in [-0.39, 0.29) is 23.8 Å². The average Bonchev–Trinajstić information content (AvgIpc) is 3.16. The van der Waals surface area contributed by atoms with Crippen molar-refractivity contribution in [3.63, 3.8) is 0 Å². The summed E-state index contributed by atoms with van der Waals surface area (Å²) >= 11 is 0. The average molecular weight is 364 g/mol. The van der Waals surface area contributed by atoms with Crippen molar-refractivity contribution in [3.8, 4) is 0 Å². The fraction of sp³-hybridized carbons (Fsp3) is 0.333. The molecule has 1 aliphatic carbocycles. The zero-order valence-electron chi connectivity index (χ0n) is 15.8. The van der Waals surface area contributed by atoms with Crippen molar-refractivity contribution in [1.82, 2.24) is 15.3 Å². The number of nitrogens with zero attached hydrogens (tertiary/aromatic N) is 2. The molecule has 0 bridgehead atoms. The van der Waals surface area contributed by atoms with Crippen LogP contribution in [0.1, 0.15) is 64.7 Å². The van der Waals surface area contributed by atoms with Crippen molar-refractivity contribution in [2.75, 3.05) is 5.32 Å². The standard InChI is InChI=1S/C21H24N4O2/c1-13(2)19-22-11-16(12-23-19)21(27)25-18-10-15(9-8-14(18)3)20(26)24-17-6-4-5-7-17/h4,6,8-13,17H,5,7H2,1-3H3,(H,24,26)(H,25,27). The van der Waals surface area contributed by atoms with Gasteiger partial charge in [0.25, 0.3) is 11.8 Å². The number of rotatable bonds is 5. The molecule has 1 atom stereocenters. The molecule has 6 heteroatoms. The Labute approximate surface area is 159 Å². The van der Waals surface area contributed by atoms with E-state index < -0.39 is 0 Å². The van der Waals surface area contributed by atoms with Crippen LogP contribution in [0.4, 0.5) is 5.69 Å². The quantitative estimate of drug-likeness (QED) is 0.794. The lowest BCUT2D eigenvalue weighted by molar-refractivity contribution is 0.0943. The summed E-state index contributed by atoms with van der Waals surface area (Å²) in [5, 5.41) is 5.84. The molecule has 1 heterocycles. The Morgan fingerprint density at radius 1 is 1.11 bits per heavy atom. The highest BCUT2D eigenvalue weighted by Gasteiger charge is 2.16. The van der Waals surface area contributed by atoms with E-state index in [0.717, 1.165) is 18.4 Å². The van der Waals surface area contributed by atoms with E-state index in [2.05, 4.69) is 26.7 Å². The number of allylic oxidation sites excluding steroid dienone is 1. The first kappa shape index (κ1) is 18.8. The van der Waals surface area contributed by atoms with E-state index in [4.69, 9.17) is 0 Å². The zero-order valence-corrected chi connectivity index (χ0v) is 15.8. The van der Waals surface area contributed by atoms with Gasteiger partial charge in [-0.05, 0) is 37.5 Å². The molecule has 0 aliphatic heterocycles. The normalized spacial score (nSPS) is 15.8. The number of benzene rings is 1. The van der Waals surface area contributed by atoms with Gasteiger partial charge >= 0.3 is 0 Å². The summed E-state index contributed by atoms with van der Waals surface area (Å²) in [5.41, 5.74) is 2.37. The van der Waals surface area contributed by atoms with Gasteiger partial charge in [0.1, 0.15) is 5.82 Å². The van der Waals surface area contributed by atoms with Gasteiger partial charge < -0.3 is 10.6 Å². The second-order valence-electron chi connectivity index (χ2n) is 7.05. The van der Waals surface area contributed by atoms with Crippen molar-refractivity contribution in [1.29, 1.82) is 0 Å². The van der Waals surface area contributed by atoms with Crippen molar-refractivity contribution < 1.29 is 9.59 Å². The minimum Gasteiger partial charge on any atom is -0.346 e. The number of aromatic nitrogens is 2. The molecule has 1 aromatic carbocycles. The van der Waals surface area contributed by atoms with Crippen LogP contribution in [0.2, 0.25) is 0 Å². The van der Waals surface area contributed by atoms with E-state index in [0.29, 0.717) is 22.6 Å². The molecule has 2 N–H and O–H groups in total. The SMILES string of the molecule is Cc1ccc(C(=O)NC2C=CCC2)cc1NC(=O)c1cnc(C(C)C)nc1. The number of anilines is 1. The highest BCUT2D eigenvalue weighted by atomic mass is 16.2. The van der Waals surface area contributed by atoms with Crippen molar-refractivity contribution >= 4 is 17.5 Å². The second kappa shape index (κ2) is 8.12. The van der Waals surface area contributed by atoms with Gasteiger partial charge in [-0.3, -0.25) is 9.59 Å². The Bertz CT molecular complexity index is 872. The van der Waals surface area contributed by atoms with Gasteiger partial charge in [0.15, 0.2) is 0 Å². The van der Waals surface area contributed by atoms with Crippen molar-refractivity contribution in [2.24, 2.45) is 0 Å². The first-order valence-corrected chi connectivity index (χ1v) is 9.15. The van der Waals surface area contributed by atoms with E-state index in [1.165, 1.54) is 12.4 Å². The molecule has 0 fully saturated rings. The monoisotopic (exact) mass is 364 g/mol. The molecule has 2 amide bonds. The van der Waals surface area contributed by atoms with Gasteiger partial charge in [0, 0.05) is 35.6 Å². The number of carbonyl (C=O) groups excluding carboxylic acids is 2. The van der Waals surface area contributed by atoms with Crippen LogP contribution in [-0.2, 0) is 0 Å². The predicted octanol–water partition coefficient (Wildman–Crippen LogP) is 3.61. The first-order chi connectivity index (χ1) is 12.9. The predicted molar refractivity (Wildman–Crippen MR) is 105 cm³/mol. The number of hydrogen-bond acceptors (Lipinski definition) is 4. The molecule has 27 heavy (non-hydrogen) atoms. The molecule has 1 unspecified atom stereocenters. The lowest BCUT2D eigenvalue weighted by Crippen LogP contribution is -2.32. The van der Waals surface area contributed by atoms with Gasteiger partial charge in [-0.25, -0.2) is 9.97 Å². The minimum absolute atomic E-state index is 0.0773. The molecule has 6 nitrogen and oxygen atoms in total. The molecule has 140 valence electrons. The molecule has 1 aliphatic rings. The third-order valence-corrected chi connectivity index (χ3v) is 4.53. The Hall–Kier alpha value is -3.02. The summed E-state index contributed by atoms with van der Waals surface area (Å²) in [4.78, 5) is 33.4. The van der Waals surface area contributed by atoms with Crippen LogP contribution in [0, 0.1) is 6.92 Å². The molecule has 2 aromatic rings. The summed E-state index contributed by atoms with van der Waals surface area (Å²) in [7, 11) is 0. The smallest absolute Gasteiger partial charge is 0.258 e. The van der Waals surface area contributed by atoms with Crippen LogP contribution in [0.5, 0.6) is 0 Å². The molecule has 0 saturated heterocycles. The van der Waals surface area contributed by atoms with Gasteiger partial charge in [-0.1, -0.05) is 32.1 Å². The van der Waals surface area contributed by atoms with E-state index >= 15 is 0 Å². The van der Waals surface area contributed by atoms with E-state index in [1.807, 2.05) is 32.9 Å². The Kier molecular flexibility index (Phi) is 5.64. The maximum absolute atomic E-state index is 12.5. The molecule has 3 rings (SSSR count). The minimum atomic E-state index is -0.301. The summed E-state index contributed by atoms with van der Waals surface area (Å²) < 4.78 is 0. The number of aryl methyl sites for hydroxylation is 1. The highest BCUT2D eigenvalue weighted by Crippen LogP contribution is 2.19. The summed E-state index contributed by atoms with van der Waals surface area (Å²) in [6, 6.07) is 5.37. The second-order valence-corrected chi connectivity index (χ2v) is 7.05. The molecular weight excluding hydrogens is 340 g/mol. The molecule has 1 aromatic heterocycles. The largest absolute Gasteiger partial charge is 0.346 e. The maximum Gasteiger partial charge on any atom is 0.258 e. The van der Waals surface area contributed by atoms with Gasteiger partial charge in [-0.2, -0.15) is 0 Å². The number of hydrogen-bond donors (Lipinski definition) is 2.